The molecule has 0 amide bonds. The summed E-state index contributed by atoms with van der Waals surface area (Å²) in [6.07, 6.45) is 10.7. The second kappa shape index (κ2) is 6.88. The van der Waals surface area contributed by atoms with Crippen LogP contribution >= 0.6 is 0 Å². The normalized spacial score (nSPS) is 27.2. The molecule has 3 nitrogen and oxygen atoms in total. The summed E-state index contributed by atoms with van der Waals surface area (Å²) in [7, 11) is 0. The number of hydrogen-bond donors (Lipinski definition) is 1. The molecular weight excluding hydrogens is 226 g/mol. The van der Waals surface area contributed by atoms with Crippen molar-refractivity contribution in [3.63, 3.8) is 0 Å². The number of aliphatic hydroxyl groups is 1. The lowest BCUT2D eigenvalue weighted by Gasteiger charge is -2.34. The van der Waals surface area contributed by atoms with E-state index in [0.717, 1.165) is 26.1 Å². The Bertz CT molecular complexity index is 233. The summed E-state index contributed by atoms with van der Waals surface area (Å²) in [6.45, 7) is 5.34. The molecular formula is C15H29NO2. The molecule has 1 atom stereocenters. The van der Waals surface area contributed by atoms with Crippen LogP contribution in [-0.2, 0) is 4.74 Å². The van der Waals surface area contributed by atoms with E-state index in [1.807, 2.05) is 0 Å². The molecule has 3 heteroatoms. The van der Waals surface area contributed by atoms with Crippen LogP contribution in [0.5, 0.6) is 0 Å². The summed E-state index contributed by atoms with van der Waals surface area (Å²) < 4.78 is 6.39. The minimum absolute atomic E-state index is 0.236. The Morgan fingerprint density at radius 3 is 2.61 bits per heavy atom. The molecule has 1 heterocycles. The van der Waals surface area contributed by atoms with Crippen molar-refractivity contribution < 1.29 is 9.84 Å². The Morgan fingerprint density at radius 1 is 1.17 bits per heavy atom. The van der Waals surface area contributed by atoms with Gasteiger partial charge < -0.3 is 9.84 Å². The predicted molar refractivity (Wildman–Crippen MR) is 73.7 cm³/mol. The molecule has 2 rings (SSSR count). The lowest BCUT2D eigenvalue weighted by molar-refractivity contribution is -0.0724. The molecule has 0 aromatic carbocycles. The third-order valence-corrected chi connectivity index (χ3v) is 4.52. The van der Waals surface area contributed by atoms with Gasteiger partial charge in [0.1, 0.15) is 0 Å². The summed E-state index contributed by atoms with van der Waals surface area (Å²) in [5.74, 6) is 0. The first-order valence-electron chi connectivity index (χ1n) is 7.79. The standard InChI is InChI=1S/C15H29NO2/c1-2-10-16(11-12-17)13-14-6-9-15(18-14)7-4-3-5-8-15/h14,17H,2-13H2,1H3. The molecule has 1 saturated carbocycles. The van der Waals surface area contributed by atoms with Crippen molar-refractivity contribution in [3.05, 3.63) is 0 Å². The summed E-state index contributed by atoms with van der Waals surface area (Å²) >= 11 is 0. The van der Waals surface area contributed by atoms with Crippen LogP contribution in [0, 0.1) is 0 Å². The molecule has 106 valence electrons. The highest BCUT2D eigenvalue weighted by Crippen LogP contribution is 2.41. The van der Waals surface area contributed by atoms with Crippen molar-refractivity contribution in [2.45, 2.75) is 70.0 Å². The maximum absolute atomic E-state index is 9.10. The fraction of sp³-hybridized carbons (Fsp3) is 1.00. The number of rotatable bonds is 6. The van der Waals surface area contributed by atoms with Crippen molar-refractivity contribution in [1.82, 2.24) is 4.90 Å². The van der Waals surface area contributed by atoms with Gasteiger partial charge in [-0.1, -0.05) is 26.2 Å². The third-order valence-electron chi connectivity index (χ3n) is 4.52. The minimum atomic E-state index is 0.236. The van der Waals surface area contributed by atoms with E-state index in [1.165, 1.54) is 44.9 Å². The van der Waals surface area contributed by atoms with Gasteiger partial charge in [-0.15, -0.1) is 0 Å². The van der Waals surface area contributed by atoms with E-state index in [-0.39, 0.29) is 12.2 Å². The molecule has 2 fully saturated rings. The molecule has 1 spiro atoms. The topological polar surface area (TPSA) is 32.7 Å². The Labute approximate surface area is 112 Å². The Morgan fingerprint density at radius 2 is 1.94 bits per heavy atom. The number of ether oxygens (including phenoxy) is 1. The van der Waals surface area contributed by atoms with Gasteiger partial charge >= 0.3 is 0 Å². The van der Waals surface area contributed by atoms with Crippen molar-refractivity contribution >= 4 is 0 Å². The zero-order chi connectivity index (χ0) is 12.8. The first-order valence-corrected chi connectivity index (χ1v) is 7.79. The van der Waals surface area contributed by atoms with Gasteiger partial charge in [-0.25, -0.2) is 0 Å². The average molecular weight is 255 g/mol. The molecule has 0 aromatic heterocycles. The minimum Gasteiger partial charge on any atom is -0.395 e. The molecule has 2 aliphatic rings. The second-order valence-electron chi connectivity index (χ2n) is 6.05. The summed E-state index contributed by atoms with van der Waals surface area (Å²) in [5.41, 5.74) is 0.236. The van der Waals surface area contributed by atoms with Gasteiger partial charge in [0.2, 0.25) is 0 Å². The fourth-order valence-corrected chi connectivity index (χ4v) is 3.63. The highest BCUT2D eigenvalue weighted by atomic mass is 16.5. The van der Waals surface area contributed by atoms with Gasteiger partial charge in [-0.05, 0) is 38.6 Å². The van der Waals surface area contributed by atoms with E-state index in [1.54, 1.807) is 0 Å². The largest absolute Gasteiger partial charge is 0.395 e. The molecule has 1 aliphatic heterocycles. The van der Waals surface area contributed by atoms with E-state index in [2.05, 4.69) is 11.8 Å². The van der Waals surface area contributed by atoms with E-state index in [4.69, 9.17) is 9.84 Å². The first-order chi connectivity index (χ1) is 8.78. The quantitative estimate of drug-likeness (QED) is 0.792. The Hall–Kier alpha value is -0.120. The number of nitrogens with zero attached hydrogens (tertiary/aromatic N) is 1. The second-order valence-corrected chi connectivity index (χ2v) is 6.05. The van der Waals surface area contributed by atoms with Crippen molar-refractivity contribution in [2.75, 3.05) is 26.2 Å². The summed E-state index contributed by atoms with van der Waals surface area (Å²) in [5, 5.41) is 9.10. The van der Waals surface area contributed by atoms with Crippen molar-refractivity contribution in [1.29, 1.82) is 0 Å². The van der Waals surface area contributed by atoms with Gasteiger partial charge in [-0.2, -0.15) is 0 Å². The highest BCUT2D eigenvalue weighted by Gasteiger charge is 2.40. The lowest BCUT2D eigenvalue weighted by atomic mass is 9.83. The van der Waals surface area contributed by atoms with Gasteiger partial charge in [0, 0.05) is 13.1 Å². The molecule has 1 saturated heterocycles. The van der Waals surface area contributed by atoms with Crippen LogP contribution in [0.3, 0.4) is 0 Å². The summed E-state index contributed by atoms with van der Waals surface area (Å²) in [6, 6.07) is 0. The van der Waals surface area contributed by atoms with E-state index in [0.29, 0.717) is 6.10 Å². The molecule has 18 heavy (non-hydrogen) atoms. The molecule has 1 unspecified atom stereocenters. The zero-order valence-electron chi connectivity index (χ0n) is 11.9. The van der Waals surface area contributed by atoms with Crippen molar-refractivity contribution in [2.24, 2.45) is 0 Å². The monoisotopic (exact) mass is 255 g/mol. The van der Waals surface area contributed by atoms with Crippen LogP contribution in [0.1, 0.15) is 58.3 Å². The average Bonchev–Trinajstić information content (AvgIpc) is 2.74. The van der Waals surface area contributed by atoms with Gasteiger partial charge in [0.05, 0.1) is 18.3 Å². The Balaban J connectivity index is 1.80. The molecule has 1 N–H and O–H groups in total. The zero-order valence-corrected chi connectivity index (χ0v) is 11.9. The summed E-state index contributed by atoms with van der Waals surface area (Å²) in [4.78, 5) is 2.35. The van der Waals surface area contributed by atoms with E-state index >= 15 is 0 Å². The van der Waals surface area contributed by atoms with Gasteiger partial charge in [-0.3, -0.25) is 4.90 Å². The van der Waals surface area contributed by atoms with Crippen LogP contribution in [0.4, 0.5) is 0 Å². The highest BCUT2D eigenvalue weighted by molar-refractivity contribution is 4.92. The first kappa shape index (κ1) is 14.3. The van der Waals surface area contributed by atoms with Crippen molar-refractivity contribution in [3.8, 4) is 0 Å². The van der Waals surface area contributed by atoms with Crippen LogP contribution in [0.15, 0.2) is 0 Å². The fourth-order valence-electron chi connectivity index (χ4n) is 3.63. The maximum atomic E-state index is 9.10. The lowest BCUT2D eigenvalue weighted by Crippen LogP contribution is -2.38. The molecule has 0 bridgehead atoms. The Kier molecular flexibility index (Phi) is 5.46. The van der Waals surface area contributed by atoms with Crippen LogP contribution in [0.25, 0.3) is 0 Å². The third kappa shape index (κ3) is 3.69. The van der Waals surface area contributed by atoms with E-state index < -0.39 is 0 Å². The van der Waals surface area contributed by atoms with E-state index in [9.17, 15) is 0 Å². The molecule has 0 aromatic rings. The van der Waals surface area contributed by atoms with Gasteiger partial charge in [0.25, 0.3) is 0 Å². The predicted octanol–water partition coefficient (Wildman–Crippen LogP) is 2.57. The smallest absolute Gasteiger partial charge is 0.0710 e. The van der Waals surface area contributed by atoms with Crippen LogP contribution < -0.4 is 0 Å². The van der Waals surface area contributed by atoms with Crippen LogP contribution in [0.2, 0.25) is 0 Å². The molecule has 1 aliphatic carbocycles. The maximum Gasteiger partial charge on any atom is 0.0710 e. The number of hydrogen-bond acceptors (Lipinski definition) is 3. The van der Waals surface area contributed by atoms with Gasteiger partial charge in [0.15, 0.2) is 0 Å². The molecule has 0 radical (unpaired) electrons. The van der Waals surface area contributed by atoms with Crippen LogP contribution in [-0.4, -0.2) is 48.0 Å². The SMILES string of the molecule is CCCN(CCO)CC1CCC2(CCCCC2)O1. The number of aliphatic hydroxyl groups excluding tert-OH is 1.